The molecular formula is C55H101NO11. The Morgan fingerprint density at radius 1 is 0.448 bits per heavy atom. The van der Waals surface area contributed by atoms with Gasteiger partial charge >= 0.3 is 24.2 Å². The highest BCUT2D eigenvalue weighted by molar-refractivity contribution is 5.69. The van der Waals surface area contributed by atoms with Crippen molar-refractivity contribution in [3.05, 3.63) is 24.3 Å². The van der Waals surface area contributed by atoms with E-state index >= 15 is 0 Å². The first-order valence-electron chi connectivity index (χ1n) is 27.2. The van der Waals surface area contributed by atoms with E-state index in [1.807, 2.05) is 11.9 Å². The predicted octanol–water partition coefficient (Wildman–Crippen LogP) is 14.6. The van der Waals surface area contributed by atoms with Crippen LogP contribution in [-0.4, -0.2) is 102 Å². The van der Waals surface area contributed by atoms with Crippen molar-refractivity contribution in [3.63, 3.8) is 0 Å². The third-order valence-corrected chi connectivity index (χ3v) is 11.9. The number of nitrogens with zero attached hydrogens (tertiary/aromatic N) is 1. The standard InChI is InChI=1S/C55H101NO11/c1-6-9-12-15-18-19-20-21-22-23-24-25-26-27-32-37-44-62-54(59)65-48-50(49-66-55(60)63-46-43-56(4)42-45-61-5)47-64-52(57)40-35-30-31-36-41-53(58)67-51(38-33-28-16-13-10-7-2)39-34-29-17-14-11-8-3/h18-19,21-22,50-51H,6-17,20,23-49H2,1-5H3/b19-18-,22-21-. The van der Waals surface area contributed by atoms with Crippen LogP contribution in [0.15, 0.2) is 24.3 Å². The Balaban J connectivity index is 4.60. The van der Waals surface area contributed by atoms with Crippen molar-refractivity contribution < 1.29 is 52.3 Å². The van der Waals surface area contributed by atoms with Crippen LogP contribution in [0, 0.1) is 5.92 Å². The molecule has 0 amide bonds. The molecule has 0 N–H and O–H groups in total. The second-order valence-corrected chi connectivity index (χ2v) is 18.4. The van der Waals surface area contributed by atoms with Crippen molar-refractivity contribution in [2.24, 2.45) is 5.92 Å². The maximum Gasteiger partial charge on any atom is 0.508 e. The first kappa shape index (κ1) is 63.9. The number of likely N-dealkylation sites (N-methyl/N-ethyl adjacent to an activating group) is 1. The second kappa shape index (κ2) is 50.7. The van der Waals surface area contributed by atoms with Gasteiger partial charge in [-0.15, -0.1) is 0 Å². The molecule has 0 aliphatic rings. The minimum absolute atomic E-state index is 0.0135. The lowest BCUT2D eigenvalue weighted by Gasteiger charge is -2.18. The van der Waals surface area contributed by atoms with Gasteiger partial charge in [0.1, 0.15) is 32.5 Å². The summed E-state index contributed by atoms with van der Waals surface area (Å²) in [5, 5.41) is 0. The van der Waals surface area contributed by atoms with Gasteiger partial charge in [0.2, 0.25) is 0 Å². The number of carbonyl (C=O) groups excluding carboxylic acids is 4. The zero-order chi connectivity index (χ0) is 49.1. The molecule has 1 atom stereocenters. The fourth-order valence-corrected chi connectivity index (χ4v) is 7.48. The smallest absolute Gasteiger partial charge is 0.465 e. The number of hydrogen-bond acceptors (Lipinski definition) is 12. The molecule has 67 heavy (non-hydrogen) atoms. The van der Waals surface area contributed by atoms with Gasteiger partial charge < -0.3 is 38.1 Å². The van der Waals surface area contributed by atoms with Crippen molar-refractivity contribution in [1.29, 1.82) is 0 Å². The van der Waals surface area contributed by atoms with Crippen LogP contribution < -0.4 is 0 Å². The summed E-state index contributed by atoms with van der Waals surface area (Å²) in [6, 6.07) is 0. The molecule has 392 valence electrons. The van der Waals surface area contributed by atoms with Crippen molar-refractivity contribution in [3.8, 4) is 0 Å². The average molecular weight is 952 g/mol. The number of allylic oxidation sites excluding steroid dienone is 4. The molecule has 0 saturated heterocycles. The van der Waals surface area contributed by atoms with Crippen LogP contribution in [0.25, 0.3) is 0 Å². The second-order valence-electron chi connectivity index (χ2n) is 18.4. The molecule has 0 fully saturated rings. The molecule has 0 aromatic carbocycles. The molecule has 0 saturated carbocycles. The largest absolute Gasteiger partial charge is 0.508 e. The first-order chi connectivity index (χ1) is 32.7. The number of ether oxygens (including phenoxy) is 7. The summed E-state index contributed by atoms with van der Waals surface area (Å²) in [6.07, 6.45) is 41.1. The number of hydrogen-bond donors (Lipinski definition) is 0. The van der Waals surface area contributed by atoms with Crippen LogP contribution in [0.5, 0.6) is 0 Å². The zero-order valence-electron chi connectivity index (χ0n) is 43.7. The molecule has 0 spiro atoms. The van der Waals surface area contributed by atoms with Crippen molar-refractivity contribution in [2.45, 2.75) is 232 Å². The van der Waals surface area contributed by atoms with E-state index in [2.05, 4.69) is 45.1 Å². The molecule has 0 aromatic rings. The number of unbranched alkanes of at least 4 members (excludes halogenated alkanes) is 22. The molecule has 0 rings (SSSR count). The summed E-state index contributed by atoms with van der Waals surface area (Å²) in [5.74, 6) is -1.11. The van der Waals surface area contributed by atoms with E-state index in [-0.39, 0.29) is 51.5 Å². The molecule has 0 bridgehead atoms. The highest BCUT2D eigenvalue weighted by Gasteiger charge is 2.19. The summed E-state index contributed by atoms with van der Waals surface area (Å²) in [5.41, 5.74) is 0. The lowest BCUT2D eigenvalue weighted by atomic mass is 10.0. The molecule has 0 aliphatic carbocycles. The van der Waals surface area contributed by atoms with Gasteiger partial charge in [0.25, 0.3) is 0 Å². The fourth-order valence-electron chi connectivity index (χ4n) is 7.48. The Kier molecular flexibility index (Phi) is 48.4. The molecule has 0 heterocycles. The topological polar surface area (TPSA) is 136 Å². The van der Waals surface area contributed by atoms with E-state index in [9.17, 15) is 19.2 Å². The highest BCUT2D eigenvalue weighted by Crippen LogP contribution is 2.19. The molecule has 0 aliphatic heterocycles. The van der Waals surface area contributed by atoms with Gasteiger partial charge in [-0.2, -0.15) is 0 Å². The number of methoxy groups -OCH3 is 1. The van der Waals surface area contributed by atoms with Gasteiger partial charge in [0, 0.05) is 33.0 Å². The Hall–Kier alpha value is -3.12. The zero-order valence-corrected chi connectivity index (χ0v) is 43.7. The summed E-state index contributed by atoms with van der Waals surface area (Å²) in [6.45, 7) is 8.43. The summed E-state index contributed by atoms with van der Waals surface area (Å²) >= 11 is 0. The van der Waals surface area contributed by atoms with Gasteiger partial charge in [-0.25, -0.2) is 9.59 Å². The normalized spacial score (nSPS) is 12.0. The minimum atomic E-state index is -0.855. The summed E-state index contributed by atoms with van der Waals surface area (Å²) < 4.78 is 37.7. The number of carbonyl (C=O) groups is 4. The quantitative estimate of drug-likeness (QED) is 0.0248. The third kappa shape index (κ3) is 47.7. The van der Waals surface area contributed by atoms with Crippen LogP contribution in [-0.2, 0) is 42.7 Å². The Labute approximate surface area is 409 Å². The monoisotopic (exact) mass is 952 g/mol. The SMILES string of the molecule is CCCCC/C=C\C/C=C\CCCCCCCCOC(=O)OCC(COC(=O)CCCCCCC(=O)OC(CCCCCCCC)CCCCCCCC)COC(=O)OCCN(C)CCOC. The van der Waals surface area contributed by atoms with E-state index < -0.39 is 24.2 Å². The van der Waals surface area contributed by atoms with E-state index in [1.54, 1.807) is 7.11 Å². The van der Waals surface area contributed by atoms with Crippen LogP contribution >= 0.6 is 0 Å². The number of esters is 2. The lowest BCUT2D eigenvalue weighted by Crippen LogP contribution is -2.29. The third-order valence-electron chi connectivity index (χ3n) is 11.9. The Morgan fingerprint density at radius 2 is 0.881 bits per heavy atom. The molecule has 1 unspecified atom stereocenters. The molecule has 0 aromatic heterocycles. The van der Waals surface area contributed by atoms with E-state index in [0.717, 1.165) is 83.5 Å². The maximum atomic E-state index is 12.8. The van der Waals surface area contributed by atoms with E-state index in [1.165, 1.54) is 103 Å². The van der Waals surface area contributed by atoms with Gasteiger partial charge in [0.15, 0.2) is 0 Å². The highest BCUT2D eigenvalue weighted by atomic mass is 16.7. The number of rotatable bonds is 49. The lowest BCUT2D eigenvalue weighted by molar-refractivity contribution is -0.150. The van der Waals surface area contributed by atoms with Crippen molar-refractivity contribution in [2.75, 3.05) is 66.9 Å². The van der Waals surface area contributed by atoms with Gasteiger partial charge in [-0.1, -0.05) is 161 Å². The van der Waals surface area contributed by atoms with Gasteiger partial charge in [-0.3, -0.25) is 9.59 Å². The Morgan fingerprint density at radius 3 is 1.45 bits per heavy atom. The van der Waals surface area contributed by atoms with E-state index in [4.69, 9.17) is 33.2 Å². The first-order valence-corrected chi connectivity index (χ1v) is 27.2. The Bertz CT molecular complexity index is 1180. The fraction of sp³-hybridized carbons (Fsp3) is 0.855. The van der Waals surface area contributed by atoms with Crippen LogP contribution in [0.4, 0.5) is 9.59 Å². The summed E-state index contributed by atoms with van der Waals surface area (Å²) in [4.78, 5) is 52.2. The van der Waals surface area contributed by atoms with Crippen molar-refractivity contribution >= 4 is 24.2 Å². The molecule has 0 radical (unpaired) electrons. The predicted molar refractivity (Wildman–Crippen MR) is 271 cm³/mol. The van der Waals surface area contributed by atoms with Gasteiger partial charge in [0.05, 0.1) is 19.1 Å². The van der Waals surface area contributed by atoms with E-state index in [0.29, 0.717) is 32.5 Å². The van der Waals surface area contributed by atoms with Crippen LogP contribution in [0.2, 0.25) is 0 Å². The van der Waals surface area contributed by atoms with Crippen LogP contribution in [0.3, 0.4) is 0 Å². The maximum absolute atomic E-state index is 12.8. The van der Waals surface area contributed by atoms with Crippen LogP contribution in [0.1, 0.15) is 226 Å². The van der Waals surface area contributed by atoms with Crippen molar-refractivity contribution in [1.82, 2.24) is 4.90 Å². The molecule has 12 nitrogen and oxygen atoms in total. The minimum Gasteiger partial charge on any atom is -0.465 e. The van der Waals surface area contributed by atoms with Gasteiger partial charge in [-0.05, 0) is 84.1 Å². The average Bonchev–Trinajstić information content (AvgIpc) is 3.32. The summed E-state index contributed by atoms with van der Waals surface area (Å²) in [7, 11) is 3.52. The molecule has 12 heteroatoms. The molecular weight excluding hydrogens is 851 g/mol.